The third-order valence-electron chi connectivity index (χ3n) is 5.38. The van der Waals surface area contributed by atoms with Crippen molar-refractivity contribution >= 4 is 5.91 Å². The van der Waals surface area contributed by atoms with Crippen molar-refractivity contribution in [3.05, 3.63) is 64.7 Å². The average Bonchev–Trinajstić information content (AvgIpc) is 3.36. The molecule has 3 aromatic rings. The van der Waals surface area contributed by atoms with Gasteiger partial charge in [0, 0.05) is 43.6 Å². The minimum absolute atomic E-state index is 0.0158. The summed E-state index contributed by atoms with van der Waals surface area (Å²) in [6.45, 7) is 1.88. The van der Waals surface area contributed by atoms with Crippen LogP contribution in [0, 0.1) is 5.92 Å². The van der Waals surface area contributed by atoms with Crippen LogP contribution in [-0.4, -0.2) is 38.4 Å². The molecule has 5 heterocycles. The third-order valence-corrected chi connectivity index (χ3v) is 5.38. The van der Waals surface area contributed by atoms with Crippen molar-refractivity contribution in [3.8, 4) is 11.4 Å². The number of likely N-dealkylation sites (tertiary alicyclic amines) is 1. The lowest BCUT2D eigenvalue weighted by molar-refractivity contribution is 0.0564. The molecule has 1 saturated heterocycles. The number of hydrogen-bond donors (Lipinski definition) is 1. The zero-order valence-electron chi connectivity index (χ0n) is 14.1. The number of rotatable bonds is 2. The molecule has 1 amide bonds. The number of aromatic amines is 1. The van der Waals surface area contributed by atoms with Crippen LogP contribution in [0.3, 0.4) is 0 Å². The smallest absolute Gasteiger partial charge is 0.289 e. The van der Waals surface area contributed by atoms with Gasteiger partial charge < -0.3 is 18.9 Å². The molecule has 0 aromatic carbocycles. The first-order valence-corrected chi connectivity index (χ1v) is 8.77. The summed E-state index contributed by atoms with van der Waals surface area (Å²) in [6.07, 6.45) is 5.88. The molecule has 3 aromatic heterocycles. The molecule has 2 atom stereocenters. The zero-order valence-corrected chi connectivity index (χ0v) is 14.1. The maximum atomic E-state index is 13.0. The van der Waals surface area contributed by atoms with Gasteiger partial charge in [-0.05, 0) is 36.6 Å². The van der Waals surface area contributed by atoms with Gasteiger partial charge in [-0.15, -0.1) is 0 Å². The summed E-state index contributed by atoms with van der Waals surface area (Å²) < 4.78 is 7.13. The Hall–Kier alpha value is -3.09. The van der Waals surface area contributed by atoms with Crippen LogP contribution in [0.2, 0.25) is 0 Å². The van der Waals surface area contributed by atoms with Crippen LogP contribution in [0.4, 0.5) is 0 Å². The molecule has 2 aliphatic heterocycles. The Bertz CT molecular complexity index is 1000. The second kappa shape index (κ2) is 5.72. The van der Waals surface area contributed by atoms with Crippen LogP contribution >= 0.6 is 0 Å². The van der Waals surface area contributed by atoms with Gasteiger partial charge in [0.2, 0.25) is 0 Å². The van der Waals surface area contributed by atoms with Crippen molar-refractivity contribution in [2.75, 3.05) is 13.1 Å². The van der Waals surface area contributed by atoms with Crippen molar-refractivity contribution in [3.63, 3.8) is 0 Å². The van der Waals surface area contributed by atoms with E-state index in [2.05, 4.69) is 9.97 Å². The molecule has 0 saturated carbocycles. The van der Waals surface area contributed by atoms with Crippen molar-refractivity contribution in [2.45, 2.75) is 18.9 Å². The molecule has 0 radical (unpaired) electrons. The summed E-state index contributed by atoms with van der Waals surface area (Å²) in [6, 6.07) is 7.26. The van der Waals surface area contributed by atoms with Crippen LogP contribution in [0.5, 0.6) is 0 Å². The molecule has 2 bridgehead atoms. The molecule has 2 aliphatic rings. The second-order valence-corrected chi connectivity index (χ2v) is 7.01. The highest BCUT2D eigenvalue weighted by Gasteiger charge is 2.37. The number of H-pyrrole nitrogens is 1. The lowest BCUT2D eigenvalue weighted by Gasteiger charge is -2.42. The van der Waals surface area contributed by atoms with E-state index in [9.17, 15) is 9.59 Å². The van der Waals surface area contributed by atoms with Gasteiger partial charge in [0.05, 0.1) is 11.8 Å². The van der Waals surface area contributed by atoms with Gasteiger partial charge in [-0.2, -0.15) is 0 Å². The van der Waals surface area contributed by atoms with Crippen molar-refractivity contribution < 1.29 is 9.21 Å². The Balaban J connectivity index is 1.49. The van der Waals surface area contributed by atoms with Crippen molar-refractivity contribution in [1.82, 2.24) is 19.4 Å². The van der Waals surface area contributed by atoms with Crippen LogP contribution in [-0.2, 0) is 6.54 Å². The summed E-state index contributed by atoms with van der Waals surface area (Å²) in [4.78, 5) is 34.6. The molecule has 0 spiro atoms. The van der Waals surface area contributed by atoms with E-state index >= 15 is 0 Å². The minimum atomic E-state index is -0.0762. The lowest BCUT2D eigenvalue weighted by Crippen LogP contribution is -2.49. The Morgan fingerprint density at radius 3 is 2.92 bits per heavy atom. The SMILES string of the molecule is O=C(c1ccco1)N1C[C@@H]2C[C@H](C1)c1ccc(-c3ncc[nH]3)c(=O)n1C2. The lowest BCUT2D eigenvalue weighted by atomic mass is 9.83. The third kappa shape index (κ3) is 2.31. The number of carbonyl (C=O) groups excluding carboxylic acids is 1. The Kier molecular flexibility index (Phi) is 3.34. The standard InChI is InChI=1S/C19H18N4O3/c24-18-14(17-20-5-6-21-17)3-4-15-13-8-12(10-23(15)18)9-22(11-13)19(25)16-2-1-7-26-16/h1-7,12-13H,8-11H2,(H,20,21)/t12-,13+/m0/s1. The van der Waals surface area contributed by atoms with E-state index in [1.165, 1.54) is 6.26 Å². The fourth-order valence-electron chi connectivity index (χ4n) is 4.26. The maximum Gasteiger partial charge on any atom is 0.289 e. The molecule has 5 rings (SSSR count). The predicted molar refractivity (Wildman–Crippen MR) is 93.7 cm³/mol. The van der Waals surface area contributed by atoms with E-state index in [0.29, 0.717) is 36.8 Å². The molecule has 0 unspecified atom stereocenters. The summed E-state index contributed by atoms with van der Waals surface area (Å²) in [5.74, 6) is 1.32. The largest absolute Gasteiger partial charge is 0.459 e. The highest BCUT2D eigenvalue weighted by atomic mass is 16.3. The first kappa shape index (κ1) is 15.2. The van der Waals surface area contributed by atoms with E-state index in [0.717, 1.165) is 12.1 Å². The topological polar surface area (TPSA) is 84.1 Å². The van der Waals surface area contributed by atoms with E-state index < -0.39 is 0 Å². The number of carbonyl (C=O) groups is 1. The summed E-state index contributed by atoms with van der Waals surface area (Å²) >= 11 is 0. The molecule has 7 nitrogen and oxygen atoms in total. The molecule has 1 fully saturated rings. The van der Waals surface area contributed by atoms with E-state index in [1.807, 2.05) is 21.6 Å². The highest BCUT2D eigenvalue weighted by Crippen LogP contribution is 2.36. The van der Waals surface area contributed by atoms with Gasteiger partial charge in [0.25, 0.3) is 11.5 Å². The van der Waals surface area contributed by atoms with E-state index in [4.69, 9.17) is 4.42 Å². The number of amides is 1. The van der Waals surface area contributed by atoms with Gasteiger partial charge in [-0.25, -0.2) is 4.98 Å². The van der Waals surface area contributed by atoms with Gasteiger partial charge in [-0.3, -0.25) is 9.59 Å². The first-order chi connectivity index (χ1) is 12.7. The molecular formula is C19H18N4O3. The number of fused-ring (bicyclic) bond motifs is 4. The fraction of sp³-hybridized carbons (Fsp3) is 0.316. The zero-order chi connectivity index (χ0) is 17.7. The van der Waals surface area contributed by atoms with Gasteiger partial charge in [0.1, 0.15) is 5.82 Å². The summed E-state index contributed by atoms with van der Waals surface area (Å²) in [5, 5.41) is 0. The highest BCUT2D eigenvalue weighted by molar-refractivity contribution is 5.91. The van der Waals surface area contributed by atoms with Crippen LogP contribution in [0.15, 0.2) is 52.1 Å². The molecule has 0 aliphatic carbocycles. The number of nitrogens with one attached hydrogen (secondary N) is 1. The second-order valence-electron chi connectivity index (χ2n) is 7.01. The van der Waals surface area contributed by atoms with Gasteiger partial charge in [-0.1, -0.05) is 0 Å². The normalized spacial score (nSPS) is 21.5. The van der Waals surface area contributed by atoms with E-state index in [1.54, 1.807) is 24.5 Å². The maximum absolute atomic E-state index is 13.0. The molecular weight excluding hydrogens is 332 g/mol. The van der Waals surface area contributed by atoms with Crippen molar-refractivity contribution in [2.24, 2.45) is 5.92 Å². The molecule has 1 N–H and O–H groups in total. The van der Waals surface area contributed by atoms with Gasteiger partial charge in [0.15, 0.2) is 5.76 Å². The Morgan fingerprint density at radius 1 is 1.23 bits per heavy atom. The Morgan fingerprint density at radius 2 is 2.15 bits per heavy atom. The van der Waals surface area contributed by atoms with Crippen molar-refractivity contribution in [1.29, 1.82) is 0 Å². The number of imidazole rings is 1. The Labute approximate surface area is 149 Å². The number of nitrogens with zero attached hydrogens (tertiary/aromatic N) is 3. The number of pyridine rings is 1. The minimum Gasteiger partial charge on any atom is -0.459 e. The van der Waals surface area contributed by atoms with Gasteiger partial charge >= 0.3 is 0 Å². The van der Waals surface area contributed by atoms with Crippen LogP contribution in [0.25, 0.3) is 11.4 Å². The van der Waals surface area contributed by atoms with E-state index in [-0.39, 0.29) is 23.3 Å². The molecule has 7 heteroatoms. The number of aromatic nitrogens is 3. The van der Waals surface area contributed by atoms with Crippen LogP contribution in [0.1, 0.15) is 28.6 Å². The quantitative estimate of drug-likeness (QED) is 0.767. The fourth-order valence-corrected chi connectivity index (χ4v) is 4.26. The summed E-state index contributed by atoms with van der Waals surface area (Å²) in [5.41, 5.74) is 1.57. The molecule has 26 heavy (non-hydrogen) atoms. The number of furan rings is 1. The average molecular weight is 350 g/mol. The monoisotopic (exact) mass is 350 g/mol. The first-order valence-electron chi connectivity index (χ1n) is 8.77. The number of hydrogen-bond acceptors (Lipinski definition) is 4. The molecule has 132 valence electrons. The number of piperidine rings is 1. The van der Waals surface area contributed by atoms with Crippen LogP contribution < -0.4 is 5.56 Å². The summed E-state index contributed by atoms with van der Waals surface area (Å²) in [7, 11) is 0. The predicted octanol–water partition coefficient (Wildman–Crippen LogP) is 2.09.